The summed E-state index contributed by atoms with van der Waals surface area (Å²) in [5.74, 6) is -0.207. The fraction of sp³-hybridized carbons (Fsp3) is 0.500. The molecule has 116 valence electrons. The summed E-state index contributed by atoms with van der Waals surface area (Å²) in [6.45, 7) is 4.79. The molecule has 0 radical (unpaired) electrons. The Labute approximate surface area is 125 Å². The van der Waals surface area contributed by atoms with Crippen LogP contribution in [0.2, 0.25) is 0 Å². The normalized spacial score (nSPS) is 19.0. The summed E-state index contributed by atoms with van der Waals surface area (Å²) in [4.78, 5) is 4.22. The van der Waals surface area contributed by atoms with Crippen molar-refractivity contribution in [2.75, 3.05) is 11.9 Å². The summed E-state index contributed by atoms with van der Waals surface area (Å²) >= 11 is 1.45. The van der Waals surface area contributed by atoms with Crippen molar-refractivity contribution in [2.24, 2.45) is 10.9 Å². The second kappa shape index (κ2) is 6.25. The van der Waals surface area contributed by atoms with Crippen LogP contribution in [0.25, 0.3) is 0 Å². The summed E-state index contributed by atoms with van der Waals surface area (Å²) < 4.78 is 51.5. The van der Waals surface area contributed by atoms with E-state index in [-0.39, 0.29) is 5.69 Å². The Bertz CT molecular complexity index is 540. The van der Waals surface area contributed by atoms with Gasteiger partial charge in [-0.25, -0.2) is 4.39 Å². The van der Waals surface area contributed by atoms with Crippen LogP contribution in [0, 0.1) is 11.7 Å². The highest BCUT2D eigenvalue weighted by Crippen LogP contribution is 2.33. The Morgan fingerprint density at radius 2 is 2.10 bits per heavy atom. The lowest BCUT2D eigenvalue weighted by atomic mass is 10.1. The van der Waals surface area contributed by atoms with Crippen molar-refractivity contribution in [3.63, 3.8) is 0 Å². The lowest BCUT2D eigenvalue weighted by Crippen LogP contribution is -2.12. The van der Waals surface area contributed by atoms with Gasteiger partial charge in [0.15, 0.2) is 5.17 Å². The second-order valence-electron chi connectivity index (χ2n) is 5.33. The number of benzene rings is 1. The number of aliphatic imine (C=N–C) groups is 1. The van der Waals surface area contributed by atoms with Crippen molar-refractivity contribution in [1.82, 2.24) is 0 Å². The number of amidine groups is 1. The lowest BCUT2D eigenvalue weighted by Gasteiger charge is -2.13. The Kier molecular flexibility index (Phi) is 4.81. The molecule has 2 rings (SSSR count). The van der Waals surface area contributed by atoms with Gasteiger partial charge in [-0.3, -0.25) is 4.99 Å². The van der Waals surface area contributed by atoms with Crippen molar-refractivity contribution in [1.29, 1.82) is 0 Å². The van der Waals surface area contributed by atoms with Crippen LogP contribution in [-0.4, -0.2) is 17.0 Å². The molecule has 0 fully saturated rings. The van der Waals surface area contributed by atoms with Gasteiger partial charge in [-0.1, -0.05) is 25.6 Å². The fourth-order valence-electron chi connectivity index (χ4n) is 2.05. The Hall–Kier alpha value is -1.24. The zero-order valence-electron chi connectivity index (χ0n) is 11.7. The highest BCUT2D eigenvalue weighted by molar-refractivity contribution is 8.15. The van der Waals surface area contributed by atoms with Crippen LogP contribution in [0.15, 0.2) is 23.2 Å². The summed E-state index contributed by atoms with van der Waals surface area (Å²) in [7, 11) is 0. The van der Waals surface area contributed by atoms with Crippen molar-refractivity contribution >= 4 is 22.6 Å². The molecule has 0 amide bonds. The second-order valence-corrected chi connectivity index (χ2v) is 6.62. The summed E-state index contributed by atoms with van der Waals surface area (Å²) in [5.41, 5.74) is -1.07. The van der Waals surface area contributed by atoms with E-state index in [0.29, 0.717) is 22.9 Å². The molecule has 0 saturated carbocycles. The first kappa shape index (κ1) is 16.1. The average Bonchev–Trinajstić information content (AvgIpc) is 2.77. The molecule has 1 N–H and O–H groups in total. The number of anilines is 1. The standard InChI is InChI=1S/C14H16F4N2S/c1-8(2)5-10-7-19-13(21-10)20-12-6-9(14(16,17)18)3-4-11(12)15/h3-4,6,8,10H,5,7H2,1-2H3,(H,19,20). The Balaban J connectivity index is 2.07. The number of alkyl halides is 3. The molecule has 1 heterocycles. The molecule has 1 aliphatic heterocycles. The van der Waals surface area contributed by atoms with E-state index in [1.807, 2.05) is 0 Å². The predicted molar refractivity (Wildman–Crippen MR) is 78.2 cm³/mol. The maximum atomic E-state index is 13.6. The number of rotatable bonds is 3. The molecule has 0 aliphatic carbocycles. The van der Waals surface area contributed by atoms with Gasteiger partial charge in [0.1, 0.15) is 5.82 Å². The zero-order chi connectivity index (χ0) is 15.6. The third-order valence-electron chi connectivity index (χ3n) is 2.99. The molecule has 1 unspecified atom stereocenters. The summed E-state index contributed by atoms with van der Waals surface area (Å²) in [6, 6.07) is 2.32. The monoisotopic (exact) mass is 320 g/mol. The molecule has 0 spiro atoms. The zero-order valence-corrected chi connectivity index (χ0v) is 12.5. The first-order valence-corrected chi connectivity index (χ1v) is 7.48. The van der Waals surface area contributed by atoms with Crippen molar-refractivity contribution < 1.29 is 17.6 Å². The van der Waals surface area contributed by atoms with Gasteiger partial charge in [-0.05, 0) is 30.5 Å². The first-order chi connectivity index (χ1) is 9.75. The third kappa shape index (κ3) is 4.36. The first-order valence-electron chi connectivity index (χ1n) is 6.60. The van der Waals surface area contributed by atoms with Crippen molar-refractivity contribution in [3.8, 4) is 0 Å². The van der Waals surface area contributed by atoms with E-state index < -0.39 is 17.6 Å². The molecule has 0 bridgehead atoms. The van der Waals surface area contributed by atoms with E-state index in [1.165, 1.54) is 11.8 Å². The van der Waals surface area contributed by atoms with E-state index in [2.05, 4.69) is 24.2 Å². The smallest absolute Gasteiger partial charge is 0.333 e. The van der Waals surface area contributed by atoms with Crippen molar-refractivity contribution in [3.05, 3.63) is 29.6 Å². The van der Waals surface area contributed by atoms with Gasteiger partial charge in [-0.2, -0.15) is 13.2 Å². The highest BCUT2D eigenvalue weighted by Gasteiger charge is 2.31. The van der Waals surface area contributed by atoms with Gasteiger partial charge < -0.3 is 5.32 Å². The van der Waals surface area contributed by atoms with Crippen LogP contribution in [-0.2, 0) is 6.18 Å². The molecule has 0 aromatic heterocycles. The molecule has 1 atom stereocenters. The Morgan fingerprint density at radius 1 is 1.38 bits per heavy atom. The molecule has 2 nitrogen and oxygen atoms in total. The summed E-state index contributed by atoms with van der Waals surface area (Å²) in [5, 5.41) is 3.43. The van der Waals surface area contributed by atoms with Gasteiger partial charge in [0.05, 0.1) is 17.8 Å². The van der Waals surface area contributed by atoms with Crippen molar-refractivity contribution in [2.45, 2.75) is 31.7 Å². The number of hydrogen-bond acceptors (Lipinski definition) is 3. The maximum Gasteiger partial charge on any atom is 0.416 e. The molecule has 1 aromatic rings. The predicted octanol–water partition coefficient (Wildman–Crippen LogP) is 4.77. The third-order valence-corrected chi connectivity index (χ3v) is 4.12. The number of halogens is 4. The van der Waals surface area contributed by atoms with Gasteiger partial charge in [-0.15, -0.1) is 0 Å². The minimum Gasteiger partial charge on any atom is -0.333 e. The van der Waals surface area contributed by atoms with Gasteiger partial charge in [0.2, 0.25) is 0 Å². The van der Waals surface area contributed by atoms with Gasteiger partial charge in [0, 0.05) is 5.25 Å². The lowest BCUT2D eigenvalue weighted by molar-refractivity contribution is -0.137. The largest absolute Gasteiger partial charge is 0.416 e. The minimum absolute atomic E-state index is 0.193. The number of nitrogens with one attached hydrogen (secondary N) is 1. The molecule has 1 aromatic carbocycles. The molecule has 1 aliphatic rings. The quantitative estimate of drug-likeness (QED) is 0.811. The van der Waals surface area contributed by atoms with Crippen LogP contribution in [0.3, 0.4) is 0 Å². The SMILES string of the molecule is CC(C)CC1CN=C(Nc2cc(C(F)(F)F)ccc2F)S1. The van der Waals surface area contributed by atoms with E-state index in [4.69, 9.17) is 0 Å². The molecular weight excluding hydrogens is 304 g/mol. The number of thioether (sulfide) groups is 1. The van der Waals surface area contributed by atoms with Gasteiger partial charge in [0.25, 0.3) is 0 Å². The van der Waals surface area contributed by atoms with E-state index in [9.17, 15) is 17.6 Å². The van der Waals surface area contributed by atoms with E-state index >= 15 is 0 Å². The minimum atomic E-state index is -4.49. The fourth-order valence-corrected chi connectivity index (χ4v) is 3.31. The Morgan fingerprint density at radius 3 is 2.71 bits per heavy atom. The average molecular weight is 320 g/mol. The van der Waals surface area contributed by atoms with E-state index in [1.54, 1.807) is 0 Å². The van der Waals surface area contributed by atoms with Gasteiger partial charge >= 0.3 is 6.18 Å². The van der Waals surface area contributed by atoms with E-state index in [0.717, 1.165) is 24.6 Å². The maximum absolute atomic E-state index is 13.6. The van der Waals surface area contributed by atoms with Crippen LogP contribution >= 0.6 is 11.8 Å². The highest BCUT2D eigenvalue weighted by atomic mass is 32.2. The molecular formula is C14H16F4N2S. The van der Waals surface area contributed by atoms with Crippen LogP contribution in [0.4, 0.5) is 23.2 Å². The molecule has 21 heavy (non-hydrogen) atoms. The molecule has 7 heteroatoms. The summed E-state index contributed by atoms with van der Waals surface area (Å²) in [6.07, 6.45) is -3.53. The molecule has 0 saturated heterocycles. The van der Waals surface area contributed by atoms with Crippen LogP contribution < -0.4 is 5.32 Å². The number of hydrogen-bond donors (Lipinski definition) is 1. The number of nitrogens with zero attached hydrogens (tertiary/aromatic N) is 1. The van der Waals surface area contributed by atoms with Crippen LogP contribution in [0.5, 0.6) is 0 Å². The van der Waals surface area contributed by atoms with Crippen LogP contribution in [0.1, 0.15) is 25.8 Å². The topological polar surface area (TPSA) is 24.4 Å².